The highest BCUT2D eigenvalue weighted by Gasteiger charge is 2.34. The van der Waals surface area contributed by atoms with E-state index >= 15 is 0 Å². The smallest absolute Gasteiger partial charge is 0.315 e. The molecule has 0 aromatic heterocycles. The average Bonchev–Trinajstić information content (AvgIpc) is 2.98. The number of hydrogen-bond donors (Lipinski definition) is 2. The first-order valence-corrected chi connectivity index (χ1v) is 8.14. The molecule has 0 spiro atoms. The van der Waals surface area contributed by atoms with Crippen molar-refractivity contribution in [1.82, 2.24) is 10.6 Å². The van der Waals surface area contributed by atoms with E-state index in [1.165, 1.54) is 44.9 Å². The molecule has 2 amide bonds. The van der Waals surface area contributed by atoms with Gasteiger partial charge in [-0.15, -0.1) is 0 Å². The number of nitrogens with one attached hydrogen (secondary N) is 2. The number of rotatable bonds is 5. The molecule has 0 unspecified atom stereocenters. The summed E-state index contributed by atoms with van der Waals surface area (Å²) in [5, 5.41) is 6.27. The molecule has 2 rings (SSSR count). The number of carbonyl (C=O) groups excluding carboxylic acids is 1. The molecule has 2 saturated carbocycles. The molecule has 0 aromatic carbocycles. The third-order valence-corrected chi connectivity index (χ3v) is 4.82. The second-order valence-electron chi connectivity index (χ2n) is 7.11. The molecular weight excluding hydrogens is 236 g/mol. The van der Waals surface area contributed by atoms with Gasteiger partial charge in [0.1, 0.15) is 0 Å². The monoisotopic (exact) mass is 266 g/mol. The Labute approximate surface area is 117 Å². The molecule has 2 fully saturated rings. The molecule has 0 aliphatic heterocycles. The van der Waals surface area contributed by atoms with Crippen molar-refractivity contribution in [3.05, 3.63) is 0 Å². The van der Waals surface area contributed by atoms with Crippen molar-refractivity contribution in [2.24, 2.45) is 11.3 Å². The lowest BCUT2D eigenvalue weighted by Crippen LogP contribution is -2.45. The van der Waals surface area contributed by atoms with Gasteiger partial charge >= 0.3 is 6.03 Å². The van der Waals surface area contributed by atoms with E-state index in [1.54, 1.807) is 0 Å². The van der Waals surface area contributed by atoms with Crippen molar-refractivity contribution in [3.63, 3.8) is 0 Å². The van der Waals surface area contributed by atoms with Crippen LogP contribution in [0.5, 0.6) is 0 Å². The van der Waals surface area contributed by atoms with Gasteiger partial charge in [0, 0.05) is 12.6 Å². The number of amides is 2. The standard InChI is InChI=1S/C16H30N2O/c1-13(2)11-16(9-5-6-10-16)12-17-15(19)18-14-7-3-4-8-14/h13-14H,3-12H2,1-2H3,(H2,17,18,19). The summed E-state index contributed by atoms with van der Waals surface area (Å²) in [6.45, 7) is 5.45. The number of urea groups is 1. The molecule has 0 bridgehead atoms. The van der Waals surface area contributed by atoms with Crippen LogP contribution in [-0.4, -0.2) is 18.6 Å². The van der Waals surface area contributed by atoms with E-state index in [-0.39, 0.29) is 6.03 Å². The molecule has 2 N–H and O–H groups in total. The van der Waals surface area contributed by atoms with Crippen LogP contribution in [0.25, 0.3) is 0 Å². The maximum absolute atomic E-state index is 12.0. The van der Waals surface area contributed by atoms with Gasteiger partial charge in [0.25, 0.3) is 0 Å². The molecule has 2 aliphatic rings. The highest BCUT2D eigenvalue weighted by molar-refractivity contribution is 5.74. The van der Waals surface area contributed by atoms with Gasteiger partial charge in [0.05, 0.1) is 0 Å². The van der Waals surface area contributed by atoms with Crippen LogP contribution in [-0.2, 0) is 0 Å². The van der Waals surface area contributed by atoms with Crippen LogP contribution in [0.1, 0.15) is 71.6 Å². The normalized spacial score (nSPS) is 22.9. The third kappa shape index (κ3) is 4.39. The summed E-state index contributed by atoms with van der Waals surface area (Å²) in [7, 11) is 0. The molecule has 3 nitrogen and oxygen atoms in total. The van der Waals surface area contributed by atoms with E-state index in [4.69, 9.17) is 0 Å². The van der Waals surface area contributed by atoms with Gasteiger partial charge < -0.3 is 10.6 Å². The van der Waals surface area contributed by atoms with Crippen LogP contribution in [0, 0.1) is 11.3 Å². The summed E-state index contributed by atoms with van der Waals surface area (Å²) in [6.07, 6.45) is 11.3. The van der Waals surface area contributed by atoms with Crippen LogP contribution in [0.2, 0.25) is 0 Å². The highest BCUT2D eigenvalue weighted by atomic mass is 16.2. The Hall–Kier alpha value is -0.730. The molecule has 3 heteroatoms. The van der Waals surface area contributed by atoms with Crippen molar-refractivity contribution in [2.45, 2.75) is 77.7 Å². The lowest BCUT2D eigenvalue weighted by atomic mass is 9.78. The average molecular weight is 266 g/mol. The Morgan fingerprint density at radius 3 is 2.37 bits per heavy atom. The minimum atomic E-state index is 0.0573. The lowest BCUT2D eigenvalue weighted by Gasteiger charge is -2.31. The van der Waals surface area contributed by atoms with Crippen LogP contribution < -0.4 is 10.6 Å². The van der Waals surface area contributed by atoms with Crippen molar-refractivity contribution < 1.29 is 4.79 Å². The lowest BCUT2D eigenvalue weighted by molar-refractivity contribution is 0.207. The van der Waals surface area contributed by atoms with Crippen molar-refractivity contribution >= 4 is 6.03 Å². The number of hydrogen-bond acceptors (Lipinski definition) is 1. The van der Waals surface area contributed by atoms with Gasteiger partial charge in [0.2, 0.25) is 0 Å². The maximum Gasteiger partial charge on any atom is 0.315 e. The molecule has 0 saturated heterocycles. The van der Waals surface area contributed by atoms with Gasteiger partial charge in [0.15, 0.2) is 0 Å². The zero-order valence-electron chi connectivity index (χ0n) is 12.6. The zero-order chi connectivity index (χ0) is 13.7. The predicted molar refractivity (Wildman–Crippen MR) is 79.1 cm³/mol. The first-order chi connectivity index (χ1) is 9.10. The molecular formula is C16H30N2O. The summed E-state index contributed by atoms with van der Waals surface area (Å²) >= 11 is 0. The predicted octanol–water partition coefficient (Wildman–Crippen LogP) is 3.83. The summed E-state index contributed by atoms with van der Waals surface area (Å²) in [5.41, 5.74) is 0.376. The summed E-state index contributed by atoms with van der Waals surface area (Å²) in [5.74, 6) is 0.720. The van der Waals surface area contributed by atoms with Gasteiger partial charge in [-0.05, 0) is 43.4 Å². The quantitative estimate of drug-likeness (QED) is 0.780. The van der Waals surface area contributed by atoms with Gasteiger partial charge in [-0.25, -0.2) is 4.79 Å². The van der Waals surface area contributed by atoms with E-state index in [0.717, 1.165) is 25.3 Å². The molecule has 0 atom stereocenters. The van der Waals surface area contributed by atoms with Crippen LogP contribution in [0.4, 0.5) is 4.79 Å². The zero-order valence-corrected chi connectivity index (χ0v) is 12.6. The Kier molecular flexibility index (Phi) is 5.12. The SMILES string of the molecule is CC(C)CC1(CNC(=O)NC2CCCC2)CCCC1. The van der Waals surface area contributed by atoms with Crippen molar-refractivity contribution in [3.8, 4) is 0 Å². The van der Waals surface area contributed by atoms with Crippen LogP contribution in [0.3, 0.4) is 0 Å². The Morgan fingerprint density at radius 2 is 1.79 bits per heavy atom. The fraction of sp³-hybridized carbons (Fsp3) is 0.938. The third-order valence-electron chi connectivity index (χ3n) is 4.82. The number of carbonyl (C=O) groups is 1. The fourth-order valence-electron chi connectivity index (χ4n) is 4.02. The van der Waals surface area contributed by atoms with Gasteiger partial charge in [-0.1, -0.05) is 39.5 Å². The van der Waals surface area contributed by atoms with Crippen LogP contribution >= 0.6 is 0 Å². The Bertz CT molecular complexity index is 289. The first kappa shape index (κ1) is 14.7. The van der Waals surface area contributed by atoms with Crippen molar-refractivity contribution in [2.75, 3.05) is 6.54 Å². The highest BCUT2D eigenvalue weighted by Crippen LogP contribution is 2.42. The van der Waals surface area contributed by atoms with E-state index in [2.05, 4.69) is 24.5 Å². The molecule has 0 heterocycles. The largest absolute Gasteiger partial charge is 0.338 e. The van der Waals surface area contributed by atoms with Crippen molar-refractivity contribution in [1.29, 1.82) is 0 Å². The summed E-state index contributed by atoms with van der Waals surface area (Å²) in [6, 6.07) is 0.478. The maximum atomic E-state index is 12.0. The minimum absolute atomic E-state index is 0.0573. The molecule has 19 heavy (non-hydrogen) atoms. The topological polar surface area (TPSA) is 41.1 Å². The summed E-state index contributed by atoms with van der Waals surface area (Å²) < 4.78 is 0. The molecule has 0 aromatic rings. The first-order valence-electron chi connectivity index (χ1n) is 8.14. The minimum Gasteiger partial charge on any atom is -0.338 e. The second kappa shape index (κ2) is 6.62. The summed E-state index contributed by atoms with van der Waals surface area (Å²) in [4.78, 5) is 12.0. The Morgan fingerprint density at radius 1 is 1.16 bits per heavy atom. The van der Waals surface area contributed by atoms with E-state index in [0.29, 0.717) is 11.5 Å². The molecule has 2 aliphatic carbocycles. The molecule has 110 valence electrons. The van der Waals surface area contributed by atoms with E-state index in [1.807, 2.05) is 0 Å². The van der Waals surface area contributed by atoms with Crippen LogP contribution in [0.15, 0.2) is 0 Å². The van der Waals surface area contributed by atoms with Gasteiger partial charge in [-0.3, -0.25) is 0 Å². The Balaban J connectivity index is 1.76. The van der Waals surface area contributed by atoms with E-state index < -0.39 is 0 Å². The van der Waals surface area contributed by atoms with E-state index in [9.17, 15) is 4.79 Å². The molecule has 0 radical (unpaired) electrons. The fourth-order valence-corrected chi connectivity index (χ4v) is 4.02. The van der Waals surface area contributed by atoms with Gasteiger partial charge in [-0.2, -0.15) is 0 Å². The second-order valence-corrected chi connectivity index (χ2v) is 7.11.